The Kier molecular flexibility index (Phi) is 5.63. The molecule has 0 saturated heterocycles. The summed E-state index contributed by atoms with van der Waals surface area (Å²) in [5, 5.41) is 4.26. The number of amides is 1. The number of carbonyl (C=O) groups excluding carboxylic acids is 1. The average Bonchev–Trinajstić information content (AvgIpc) is 3.20. The van der Waals surface area contributed by atoms with Gasteiger partial charge in [-0.3, -0.25) is 9.48 Å². The number of thiazole rings is 1. The van der Waals surface area contributed by atoms with Crippen LogP contribution in [0.25, 0.3) is 10.2 Å². The topological polar surface area (TPSA) is 61.4 Å². The highest BCUT2D eigenvalue weighted by atomic mass is 32.1. The first kappa shape index (κ1) is 18.5. The first-order valence-electron chi connectivity index (χ1n) is 8.50. The van der Waals surface area contributed by atoms with Crippen LogP contribution in [0.3, 0.4) is 0 Å². The van der Waals surface area contributed by atoms with E-state index in [1.807, 2.05) is 25.3 Å². The van der Waals surface area contributed by atoms with Gasteiger partial charge in [-0.25, -0.2) is 4.39 Å². The normalized spacial score (nSPS) is 12.4. The summed E-state index contributed by atoms with van der Waals surface area (Å²) in [5.74, 6) is -0.731. The molecule has 3 rings (SSSR count). The molecule has 0 aliphatic rings. The van der Waals surface area contributed by atoms with Crippen molar-refractivity contribution in [3.63, 3.8) is 0 Å². The van der Waals surface area contributed by atoms with Crippen molar-refractivity contribution in [1.82, 2.24) is 14.3 Å². The lowest BCUT2D eigenvalue weighted by Gasteiger charge is -2.05. The molecule has 0 atom stereocenters. The van der Waals surface area contributed by atoms with E-state index in [0.29, 0.717) is 30.3 Å². The van der Waals surface area contributed by atoms with Gasteiger partial charge in [-0.2, -0.15) is 10.1 Å². The zero-order chi connectivity index (χ0) is 18.7. The molecular formula is C18H21FN4O2S. The maximum Gasteiger partial charge on any atom is 0.300 e. The number of aromatic nitrogens is 3. The Morgan fingerprint density at radius 2 is 2.19 bits per heavy atom. The zero-order valence-electron chi connectivity index (χ0n) is 15.0. The molecule has 26 heavy (non-hydrogen) atoms. The fourth-order valence-corrected chi connectivity index (χ4v) is 3.61. The summed E-state index contributed by atoms with van der Waals surface area (Å²) in [4.78, 5) is 17.3. The predicted octanol–water partition coefficient (Wildman–Crippen LogP) is 3.40. The lowest BCUT2D eigenvalue weighted by Crippen LogP contribution is -2.20. The van der Waals surface area contributed by atoms with Crippen molar-refractivity contribution < 1.29 is 13.9 Å². The van der Waals surface area contributed by atoms with Gasteiger partial charge in [0.1, 0.15) is 5.82 Å². The van der Waals surface area contributed by atoms with Crippen LogP contribution in [0.15, 0.2) is 35.5 Å². The highest BCUT2D eigenvalue weighted by Crippen LogP contribution is 2.19. The van der Waals surface area contributed by atoms with Crippen molar-refractivity contribution >= 4 is 27.5 Å². The number of fused-ring (bicyclic) bond motifs is 1. The fourth-order valence-electron chi connectivity index (χ4n) is 2.53. The van der Waals surface area contributed by atoms with Crippen LogP contribution in [-0.2, 0) is 11.3 Å². The molecule has 0 radical (unpaired) electrons. The van der Waals surface area contributed by atoms with Gasteiger partial charge in [0, 0.05) is 25.4 Å². The predicted molar refractivity (Wildman–Crippen MR) is 98.8 cm³/mol. The van der Waals surface area contributed by atoms with Crippen LogP contribution in [0.4, 0.5) is 4.39 Å². The maximum absolute atomic E-state index is 13.6. The molecule has 0 saturated carbocycles. The van der Waals surface area contributed by atoms with Gasteiger partial charge in [-0.1, -0.05) is 11.3 Å². The van der Waals surface area contributed by atoms with E-state index in [1.165, 1.54) is 23.5 Å². The molecule has 8 heteroatoms. The van der Waals surface area contributed by atoms with Gasteiger partial charge < -0.3 is 9.30 Å². The SMILES string of the molecule is CCOCCn1c(=NC(=O)c2ccn(C(C)C)n2)sc2cc(F)ccc21. The van der Waals surface area contributed by atoms with Crippen molar-refractivity contribution in [2.24, 2.45) is 4.99 Å². The van der Waals surface area contributed by atoms with E-state index < -0.39 is 5.91 Å². The summed E-state index contributed by atoms with van der Waals surface area (Å²) in [5.41, 5.74) is 1.12. The second kappa shape index (κ2) is 7.92. The van der Waals surface area contributed by atoms with E-state index in [0.717, 1.165) is 10.2 Å². The number of halogens is 1. The summed E-state index contributed by atoms with van der Waals surface area (Å²) >= 11 is 1.28. The Morgan fingerprint density at radius 3 is 2.88 bits per heavy atom. The van der Waals surface area contributed by atoms with Crippen molar-refractivity contribution in [3.8, 4) is 0 Å². The minimum absolute atomic E-state index is 0.167. The number of benzene rings is 1. The summed E-state index contributed by atoms with van der Waals surface area (Å²) < 4.78 is 23.3. The van der Waals surface area contributed by atoms with E-state index in [1.54, 1.807) is 23.0 Å². The zero-order valence-corrected chi connectivity index (χ0v) is 15.8. The molecule has 1 aromatic carbocycles. The molecule has 0 aliphatic carbocycles. The largest absolute Gasteiger partial charge is 0.380 e. The Hall–Kier alpha value is -2.32. The molecule has 1 amide bonds. The van der Waals surface area contributed by atoms with Gasteiger partial charge in [-0.15, -0.1) is 0 Å². The molecular weight excluding hydrogens is 355 g/mol. The van der Waals surface area contributed by atoms with E-state index in [2.05, 4.69) is 10.1 Å². The number of hydrogen-bond donors (Lipinski definition) is 0. The van der Waals surface area contributed by atoms with E-state index in [-0.39, 0.29) is 11.9 Å². The van der Waals surface area contributed by atoms with Gasteiger partial charge in [0.15, 0.2) is 10.5 Å². The average molecular weight is 376 g/mol. The number of nitrogens with zero attached hydrogens (tertiary/aromatic N) is 4. The quantitative estimate of drug-likeness (QED) is 0.620. The van der Waals surface area contributed by atoms with Crippen molar-refractivity contribution in [1.29, 1.82) is 0 Å². The Balaban J connectivity index is 2.02. The van der Waals surface area contributed by atoms with Crippen molar-refractivity contribution in [2.45, 2.75) is 33.4 Å². The highest BCUT2D eigenvalue weighted by Gasteiger charge is 2.13. The molecule has 2 heterocycles. The van der Waals surface area contributed by atoms with Gasteiger partial charge >= 0.3 is 0 Å². The van der Waals surface area contributed by atoms with Crippen LogP contribution in [-0.4, -0.2) is 33.5 Å². The van der Waals surface area contributed by atoms with E-state index >= 15 is 0 Å². The van der Waals surface area contributed by atoms with Crippen LogP contribution in [0.1, 0.15) is 37.3 Å². The maximum atomic E-state index is 13.6. The Bertz CT molecular complexity index is 987. The fraction of sp³-hybridized carbons (Fsp3) is 0.389. The van der Waals surface area contributed by atoms with Gasteiger partial charge in [0.2, 0.25) is 0 Å². The summed E-state index contributed by atoms with van der Waals surface area (Å²) in [7, 11) is 0. The second-order valence-electron chi connectivity index (χ2n) is 6.04. The third-order valence-electron chi connectivity index (χ3n) is 3.86. The smallest absolute Gasteiger partial charge is 0.300 e. The summed E-state index contributed by atoms with van der Waals surface area (Å²) in [6.45, 7) is 7.53. The van der Waals surface area contributed by atoms with Crippen LogP contribution in [0, 0.1) is 5.82 Å². The first-order valence-corrected chi connectivity index (χ1v) is 9.32. The Morgan fingerprint density at radius 1 is 1.38 bits per heavy atom. The molecule has 6 nitrogen and oxygen atoms in total. The summed E-state index contributed by atoms with van der Waals surface area (Å²) in [6.07, 6.45) is 1.76. The Labute approximate surface area is 154 Å². The van der Waals surface area contributed by atoms with Crippen LogP contribution >= 0.6 is 11.3 Å². The lowest BCUT2D eigenvalue weighted by atomic mass is 10.3. The number of hydrogen-bond acceptors (Lipinski definition) is 4. The molecule has 3 aromatic rings. The molecule has 0 unspecified atom stereocenters. The lowest BCUT2D eigenvalue weighted by molar-refractivity contribution is 0.0991. The molecule has 0 spiro atoms. The van der Waals surface area contributed by atoms with E-state index in [9.17, 15) is 9.18 Å². The molecule has 2 aromatic heterocycles. The number of ether oxygens (including phenoxy) is 1. The molecule has 0 bridgehead atoms. The van der Waals surface area contributed by atoms with Crippen LogP contribution < -0.4 is 4.80 Å². The van der Waals surface area contributed by atoms with Crippen LogP contribution in [0.2, 0.25) is 0 Å². The minimum atomic E-state index is -0.415. The molecule has 0 N–H and O–H groups in total. The third-order valence-corrected chi connectivity index (χ3v) is 4.90. The summed E-state index contributed by atoms with van der Waals surface area (Å²) in [6, 6.07) is 6.38. The molecule has 138 valence electrons. The highest BCUT2D eigenvalue weighted by molar-refractivity contribution is 7.16. The second-order valence-corrected chi connectivity index (χ2v) is 7.05. The van der Waals surface area contributed by atoms with Crippen LogP contribution in [0.5, 0.6) is 0 Å². The number of carbonyl (C=O) groups is 1. The van der Waals surface area contributed by atoms with Gasteiger partial charge in [0.05, 0.1) is 16.8 Å². The molecule has 0 aliphatic heterocycles. The molecule has 0 fully saturated rings. The monoisotopic (exact) mass is 376 g/mol. The number of rotatable bonds is 6. The standard InChI is InChI=1S/C18H21FN4O2S/c1-4-25-10-9-22-15-6-5-13(19)11-16(15)26-18(22)20-17(24)14-7-8-23(21-14)12(2)3/h5-8,11-12H,4,9-10H2,1-3H3. The van der Waals surface area contributed by atoms with E-state index in [4.69, 9.17) is 4.74 Å². The van der Waals surface area contributed by atoms with Gasteiger partial charge in [-0.05, 0) is 45.0 Å². The first-order chi connectivity index (χ1) is 12.5. The third kappa shape index (κ3) is 3.91. The van der Waals surface area contributed by atoms with Crippen molar-refractivity contribution in [2.75, 3.05) is 13.2 Å². The minimum Gasteiger partial charge on any atom is -0.380 e. The van der Waals surface area contributed by atoms with Crippen molar-refractivity contribution in [3.05, 3.63) is 46.8 Å². The van der Waals surface area contributed by atoms with Gasteiger partial charge in [0.25, 0.3) is 5.91 Å².